The lowest BCUT2D eigenvalue weighted by molar-refractivity contribution is 0.0621. The summed E-state index contributed by atoms with van der Waals surface area (Å²) in [5.41, 5.74) is 7.06. The van der Waals surface area contributed by atoms with Gasteiger partial charge in [0.05, 0.1) is 11.1 Å². The van der Waals surface area contributed by atoms with Gasteiger partial charge in [0, 0.05) is 17.7 Å². The van der Waals surface area contributed by atoms with Crippen molar-refractivity contribution in [2.75, 3.05) is 5.73 Å². The second kappa shape index (κ2) is 5.48. The maximum absolute atomic E-state index is 12.4. The van der Waals surface area contributed by atoms with E-state index in [9.17, 15) is 4.79 Å². The third-order valence-electron chi connectivity index (χ3n) is 3.62. The number of nitrogen functional groups attached to an aromatic ring is 1. The molecule has 1 atom stereocenters. The number of rotatable bonds is 2. The minimum absolute atomic E-state index is 0.159. The molecule has 0 radical (unpaired) electrons. The van der Waals surface area contributed by atoms with Crippen LogP contribution in [0.15, 0.2) is 29.6 Å². The highest BCUT2D eigenvalue weighted by molar-refractivity contribution is 7.12. The van der Waals surface area contributed by atoms with Crippen molar-refractivity contribution in [3.63, 3.8) is 0 Å². The second-order valence-electron chi connectivity index (χ2n) is 5.99. The minimum atomic E-state index is -0.361. The molecule has 116 valence electrons. The number of fused-ring (bicyclic) bond motifs is 1. The Hall–Kier alpha value is -1.72. The zero-order valence-corrected chi connectivity index (χ0v) is 13.9. The second-order valence-corrected chi connectivity index (χ2v) is 7.31. The molecule has 0 aliphatic carbocycles. The molecule has 0 bridgehead atoms. The summed E-state index contributed by atoms with van der Waals surface area (Å²) in [4.78, 5) is 13.0. The number of nitrogens with one attached hydrogen (secondary N) is 1. The molecule has 0 saturated heterocycles. The van der Waals surface area contributed by atoms with Crippen molar-refractivity contribution < 1.29 is 9.53 Å². The average Bonchev–Trinajstić information content (AvgIpc) is 2.85. The highest BCUT2D eigenvalue weighted by Crippen LogP contribution is 2.40. The topological polar surface area (TPSA) is 64.4 Å². The fraction of sp³-hybridized carbons (Fsp3) is 0.312. The lowest BCUT2D eigenvalue weighted by Crippen LogP contribution is -2.41. The van der Waals surface area contributed by atoms with Gasteiger partial charge in [0.25, 0.3) is 5.91 Å². The Morgan fingerprint density at radius 3 is 2.91 bits per heavy atom. The lowest BCUT2D eigenvalue weighted by Gasteiger charge is -2.38. The van der Waals surface area contributed by atoms with Crippen LogP contribution in [0.25, 0.3) is 0 Å². The van der Waals surface area contributed by atoms with E-state index in [1.807, 2.05) is 26.0 Å². The van der Waals surface area contributed by atoms with Crippen molar-refractivity contribution in [3.8, 4) is 5.75 Å². The molecule has 0 spiro atoms. The van der Waals surface area contributed by atoms with Crippen molar-refractivity contribution in [2.24, 2.45) is 0 Å². The van der Waals surface area contributed by atoms with Crippen molar-refractivity contribution >= 4 is 34.5 Å². The fourth-order valence-electron chi connectivity index (χ4n) is 2.68. The summed E-state index contributed by atoms with van der Waals surface area (Å²) < 4.78 is 5.97. The largest absolute Gasteiger partial charge is 0.487 e. The van der Waals surface area contributed by atoms with Gasteiger partial charge in [-0.05, 0) is 43.5 Å². The molecule has 1 aliphatic rings. The summed E-state index contributed by atoms with van der Waals surface area (Å²) in [6, 6.07) is 7.07. The number of anilines is 1. The van der Waals surface area contributed by atoms with E-state index < -0.39 is 0 Å². The minimum Gasteiger partial charge on any atom is -0.487 e. The number of nitrogens with two attached hydrogens (primary N) is 1. The SMILES string of the molecule is CC1(C)CC(NC(=O)c2sccc2Cl)c2cc(N)ccc2O1. The van der Waals surface area contributed by atoms with Gasteiger partial charge in [0.1, 0.15) is 16.2 Å². The molecule has 1 aliphatic heterocycles. The molecular weight excluding hydrogens is 320 g/mol. The molecule has 6 heteroatoms. The Labute approximate surface area is 138 Å². The van der Waals surface area contributed by atoms with Crippen LogP contribution in [0.4, 0.5) is 5.69 Å². The van der Waals surface area contributed by atoms with Gasteiger partial charge in [-0.1, -0.05) is 11.6 Å². The van der Waals surface area contributed by atoms with Gasteiger partial charge in [0.2, 0.25) is 0 Å². The first-order chi connectivity index (χ1) is 10.4. The number of hydrogen-bond donors (Lipinski definition) is 2. The van der Waals surface area contributed by atoms with Gasteiger partial charge >= 0.3 is 0 Å². The van der Waals surface area contributed by atoms with E-state index >= 15 is 0 Å². The highest BCUT2D eigenvalue weighted by atomic mass is 35.5. The number of hydrogen-bond acceptors (Lipinski definition) is 4. The Morgan fingerprint density at radius 2 is 2.23 bits per heavy atom. The van der Waals surface area contributed by atoms with E-state index in [1.54, 1.807) is 17.5 Å². The predicted octanol–water partition coefficient (Wildman–Crippen LogP) is 4.02. The molecule has 22 heavy (non-hydrogen) atoms. The van der Waals surface area contributed by atoms with Crippen molar-refractivity contribution in [3.05, 3.63) is 45.1 Å². The average molecular weight is 337 g/mol. The van der Waals surface area contributed by atoms with E-state index in [1.165, 1.54) is 11.3 Å². The maximum atomic E-state index is 12.4. The summed E-state index contributed by atoms with van der Waals surface area (Å²) in [5.74, 6) is 0.587. The van der Waals surface area contributed by atoms with Gasteiger partial charge in [-0.3, -0.25) is 4.79 Å². The van der Waals surface area contributed by atoms with Gasteiger partial charge < -0.3 is 15.8 Å². The monoisotopic (exact) mass is 336 g/mol. The molecule has 0 saturated carbocycles. The van der Waals surface area contributed by atoms with Crippen molar-refractivity contribution in [1.82, 2.24) is 5.32 Å². The molecule has 3 N–H and O–H groups in total. The number of halogens is 1. The van der Waals surface area contributed by atoms with Crippen LogP contribution in [0.3, 0.4) is 0 Å². The zero-order chi connectivity index (χ0) is 15.9. The van der Waals surface area contributed by atoms with E-state index in [4.69, 9.17) is 22.1 Å². The van der Waals surface area contributed by atoms with Crippen LogP contribution in [-0.4, -0.2) is 11.5 Å². The molecule has 1 aromatic carbocycles. The molecule has 4 nitrogen and oxygen atoms in total. The van der Waals surface area contributed by atoms with Crippen LogP contribution >= 0.6 is 22.9 Å². The molecule has 1 unspecified atom stereocenters. The first kappa shape index (κ1) is 15.2. The van der Waals surface area contributed by atoms with Crippen molar-refractivity contribution in [2.45, 2.75) is 31.9 Å². The molecule has 3 rings (SSSR count). The molecule has 2 heterocycles. The molecule has 0 fully saturated rings. The summed E-state index contributed by atoms with van der Waals surface area (Å²) in [6.45, 7) is 4.01. The first-order valence-corrected chi connectivity index (χ1v) is 8.24. The van der Waals surface area contributed by atoms with E-state index in [0.29, 0.717) is 22.0 Å². The number of benzene rings is 1. The summed E-state index contributed by atoms with van der Waals surface area (Å²) in [6.07, 6.45) is 0.665. The fourth-order valence-corrected chi connectivity index (χ4v) is 3.73. The van der Waals surface area contributed by atoms with E-state index in [0.717, 1.165) is 11.3 Å². The third-order valence-corrected chi connectivity index (χ3v) is 4.96. The molecule has 1 aromatic heterocycles. The van der Waals surface area contributed by atoms with E-state index in [-0.39, 0.29) is 17.6 Å². The lowest BCUT2D eigenvalue weighted by atomic mass is 9.89. The van der Waals surface area contributed by atoms with Crippen LogP contribution in [0.5, 0.6) is 5.75 Å². The smallest absolute Gasteiger partial charge is 0.263 e. The van der Waals surface area contributed by atoms with Crippen LogP contribution in [0.2, 0.25) is 5.02 Å². The quantitative estimate of drug-likeness (QED) is 0.814. The normalized spacial score (nSPS) is 19.1. The number of thiophene rings is 1. The molecule has 1 amide bonds. The number of ether oxygens (including phenoxy) is 1. The van der Waals surface area contributed by atoms with Gasteiger partial charge in [-0.15, -0.1) is 11.3 Å². The van der Waals surface area contributed by atoms with Gasteiger partial charge in [-0.2, -0.15) is 0 Å². The molecular formula is C16H17ClN2O2S. The highest BCUT2D eigenvalue weighted by Gasteiger charge is 2.35. The summed E-state index contributed by atoms with van der Waals surface area (Å²) in [5, 5.41) is 5.33. The Morgan fingerprint density at radius 1 is 1.45 bits per heavy atom. The zero-order valence-electron chi connectivity index (χ0n) is 12.4. The Balaban J connectivity index is 1.92. The standard InChI is InChI=1S/C16H17ClN2O2S/c1-16(2)8-12(10-7-9(18)3-4-13(10)21-16)19-15(20)14-11(17)5-6-22-14/h3-7,12H,8,18H2,1-2H3,(H,19,20). The van der Waals surface area contributed by atoms with Gasteiger partial charge in [-0.25, -0.2) is 0 Å². The first-order valence-electron chi connectivity index (χ1n) is 6.98. The molecule has 2 aromatic rings. The predicted molar refractivity (Wildman–Crippen MR) is 89.7 cm³/mol. The summed E-state index contributed by atoms with van der Waals surface area (Å²) in [7, 11) is 0. The van der Waals surface area contributed by atoms with Crippen LogP contribution in [-0.2, 0) is 0 Å². The van der Waals surface area contributed by atoms with Crippen LogP contribution < -0.4 is 15.8 Å². The number of amides is 1. The summed E-state index contributed by atoms with van der Waals surface area (Å²) >= 11 is 7.37. The third kappa shape index (κ3) is 2.91. The Bertz CT molecular complexity index is 727. The van der Waals surface area contributed by atoms with Crippen LogP contribution in [0, 0.1) is 0 Å². The van der Waals surface area contributed by atoms with E-state index in [2.05, 4.69) is 5.32 Å². The Kier molecular flexibility index (Phi) is 3.78. The number of carbonyl (C=O) groups is 1. The van der Waals surface area contributed by atoms with Gasteiger partial charge in [0.15, 0.2) is 0 Å². The number of carbonyl (C=O) groups excluding carboxylic acids is 1. The van der Waals surface area contributed by atoms with Crippen LogP contribution in [0.1, 0.15) is 41.5 Å². The maximum Gasteiger partial charge on any atom is 0.263 e. The van der Waals surface area contributed by atoms with Crippen molar-refractivity contribution in [1.29, 1.82) is 0 Å².